The van der Waals surface area contributed by atoms with E-state index < -0.39 is 0 Å². The Hall–Kier alpha value is -2.06. The second kappa shape index (κ2) is 7.67. The number of aromatic nitrogens is 3. The Bertz CT molecular complexity index is 668. The van der Waals surface area contributed by atoms with Gasteiger partial charge in [-0.2, -0.15) is 0 Å². The maximum absolute atomic E-state index is 12.3. The zero-order valence-corrected chi connectivity index (χ0v) is 14.8. The normalized spacial score (nSPS) is 16.8. The molecule has 0 bridgehead atoms. The van der Waals surface area contributed by atoms with Gasteiger partial charge >= 0.3 is 6.03 Å². The van der Waals surface area contributed by atoms with Crippen molar-refractivity contribution < 1.29 is 4.79 Å². The van der Waals surface area contributed by atoms with Crippen molar-refractivity contribution in [2.45, 2.75) is 26.3 Å². The third kappa shape index (κ3) is 3.88. The smallest absolute Gasteiger partial charge is 0.322 e. The second-order valence-electron chi connectivity index (χ2n) is 5.74. The molecule has 0 aliphatic carbocycles. The van der Waals surface area contributed by atoms with Crippen LogP contribution in [-0.4, -0.2) is 57.2 Å². The predicted molar refractivity (Wildman–Crippen MR) is 94.1 cm³/mol. The number of rotatable bonds is 4. The third-order valence-corrected chi connectivity index (χ3v) is 5.23. The largest absolute Gasteiger partial charge is 0.323 e. The summed E-state index contributed by atoms with van der Waals surface area (Å²) in [4.78, 5) is 20.9. The van der Waals surface area contributed by atoms with Gasteiger partial charge in [-0.05, 0) is 25.5 Å². The zero-order chi connectivity index (χ0) is 16.9. The van der Waals surface area contributed by atoms with Crippen LogP contribution in [0, 0.1) is 0 Å². The minimum Gasteiger partial charge on any atom is -0.322 e. The number of hydrogen-bond acceptors (Lipinski definition) is 6. The van der Waals surface area contributed by atoms with Crippen LogP contribution in [0.1, 0.15) is 30.6 Å². The van der Waals surface area contributed by atoms with Gasteiger partial charge in [0.25, 0.3) is 0 Å². The van der Waals surface area contributed by atoms with Crippen molar-refractivity contribution in [3.05, 3.63) is 35.1 Å². The number of nitrogens with zero attached hydrogens (tertiary/aromatic N) is 5. The number of nitrogens with one attached hydrogen (secondary N) is 1. The van der Waals surface area contributed by atoms with Gasteiger partial charge in [0.1, 0.15) is 5.01 Å². The number of anilines is 1. The molecule has 24 heavy (non-hydrogen) atoms. The molecule has 1 N–H and O–H groups in total. The van der Waals surface area contributed by atoms with Crippen molar-refractivity contribution in [1.82, 2.24) is 25.0 Å². The van der Waals surface area contributed by atoms with Crippen molar-refractivity contribution >= 4 is 22.5 Å². The average Bonchev–Trinajstić information content (AvgIpc) is 3.09. The number of urea groups is 1. The van der Waals surface area contributed by atoms with Crippen molar-refractivity contribution in [3.8, 4) is 0 Å². The van der Waals surface area contributed by atoms with Gasteiger partial charge in [0, 0.05) is 38.4 Å². The molecule has 3 rings (SSSR count). The summed E-state index contributed by atoms with van der Waals surface area (Å²) in [6.45, 7) is 7.24. The van der Waals surface area contributed by atoms with Gasteiger partial charge in [0.15, 0.2) is 0 Å². The summed E-state index contributed by atoms with van der Waals surface area (Å²) in [5, 5.41) is 12.4. The van der Waals surface area contributed by atoms with Crippen LogP contribution in [0.4, 0.5) is 9.93 Å². The molecule has 1 fully saturated rings. The monoisotopic (exact) mass is 346 g/mol. The summed E-state index contributed by atoms with van der Waals surface area (Å²) in [5.41, 5.74) is 1.07. The van der Waals surface area contributed by atoms with E-state index >= 15 is 0 Å². The average molecular weight is 346 g/mol. The number of aryl methyl sites for hydroxylation is 1. The number of pyridine rings is 1. The Morgan fingerprint density at radius 3 is 2.71 bits per heavy atom. The molecule has 3 heterocycles. The van der Waals surface area contributed by atoms with E-state index in [4.69, 9.17) is 0 Å². The minimum atomic E-state index is -0.0982. The number of carbonyl (C=O) groups excluding carboxylic acids is 1. The lowest BCUT2D eigenvalue weighted by Crippen LogP contribution is -2.50. The highest BCUT2D eigenvalue weighted by Gasteiger charge is 2.25. The quantitative estimate of drug-likeness (QED) is 0.920. The van der Waals surface area contributed by atoms with E-state index in [1.165, 1.54) is 11.3 Å². The van der Waals surface area contributed by atoms with E-state index in [0.29, 0.717) is 18.2 Å². The molecule has 0 saturated carbocycles. The fourth-order valence-corrected chi connectivity index (χ4v) is 3.41. The second-order valence-corrected chi connectivity index (χ2v) is 6.80. The van der Waals surface area contributed by atoms with Gasteiger partial charge in [0.05, 0.1) is 5.69 Å². The molecule has 1 aliphatic rings. The number of amides is 2. The third-order valence-electron chi connectivity index (χ3n) is 4.25. The molecular weight excluding hydrogens is 324 g/mol. The molecule has 1 aliphatic heterocycles. The first-order valence-electron chi connectivity index (χ1n) is 8.20. The molecule has 0 aromatic carbocycles. The summed E-state index contributed by atoms with van der Waals surface area (Å²) in [6, 6.07) is 6.14. The molecule has 0 unspecified atom stereocenters. The van der Waals surface area contributed by atoms with E-state index in [0.717, 1.165) is 30.2 Å². The fraction of sp³-hybridized carbons (Fsp3) is 0.500. The first-order valence-corrected chi connectivity index (χ1v) is 9.02. The topological polar surface area (TPSA) is 74.2 Å². The first-order chi connectivity index (χ1) is 11.7. The van der Waals surface area contributed by atoms with E-state index in [1.54, 1.807) is 0 Å². The van der Waals surface area contributed by atoms with Gasteiger partial charge in [-0.3, -0.25) is 15.2 Å². The Morgan fingerprint density at radius 1 is 1.29 bits per heavy atom. The van der Waals surface area contributed by atoms with Crippen LogP contribution >= 0.6 is 11.3 Å². The van der Waals surface area contributed by atoms with Crippen molar-refractivity contribution in [1.29, 1.82) is 0 Å². The zero-order valence-electron chi connectivity index (χ0n) is 14.0. The molecule has 1 saturated heterocycles. The molecular formula is C16H22N6OS. The summed E-state index contributed by atoms with van der Waals surface area (Å²) < 4.78 is 0. The summed E-state index contributed by atoms with van der Waals surface area (Å²) in [6.07, 6.45) is 2.65. The van der Waals surface area contributed by atoms with Crippen molar-refractivity contribution in [2.24, 2.45) is 0 Å². The molecule has 2 aromatic heterocycles. The maximum atomic E-state index is 12.3. The van der Waals surface area contributed by atoms with E-state index in [2.05, 4.69) is 32.3 Å². The predicted octanol–water partition coefficient (Wildman–Crippen LogP) is 2.41. The molecule has 1 atom stereocenters. The molecule has 128 valence electrons. The highest BCUT2D eigenvalue weighted by atomic mass is 32.1. The van der Waals surface area contributed by atoms with Crippen LogP contribution in [-0.2, 0) is 6.42 Å². The Kier molecular flexibility index (Phi) is 5.37. The summed E-state index contributed by atoms with van der Waals surface area (Å²) in [7, 11) is 0. The molecule has 2 amide bonds. The van der Waals surface area contributed by atoms with Crippen LogP contribution in [0.3, 0.4) is 0 Å². The Balaban J connectivity index is 1.52. The van der Waals surface area contributed by atoms with E-state index in [-0.39, 0.29) is 12.1 Å². The molecule has 8 heteroatoms. The minimum absolute atomic E-state index is 0.0982. The molecule has 0 radical (unpaired) electrons. The van der Waals surface area contributed by atoms with Gasteiger partial charge in [0.2, 0.25) is 5.13 Å². The van der Waals surface area contributed by atoms with Crippen LogP contribution in [0.2, 0.25) is 0 Å². The summed E-state index contributed by atoms with van der Waals surface area (Å²) >= 11 is 1.43. The Morgan fingerprint density at radius 2 is 2.08 bits per heavy atom. The van der Waals surface area contributed by atoms with Crippen molar-refractivity contribution in [3.63, 3.8) is 0 Å². The maximum Gasteiger partial charge on any atom is 0.323 e. The molecule has 7 nitrogen and oxygen atoms in total. The number of piperazine rings is 1. The molecule has 0 spiro atoms. The highest BCUT2D eigenvalue weighted by Crippen LogP contribution is 2.20. The van der Waals surface area contributed by atoms with Crippen LogP contribution in [0.25, 0.3) is 0 Å². The lowest BCUT2D eigenvalue weighted by atomic mass is 10.1. The molecule has 2 aromatic rings. The first kappa shape index (κ1) is 16.8. The number of hydrogen-bond donors (Lipinski definition) is 1. The van der Waals surface area contributed by atoms with Gasteiger partial charge in [-0.25, -0.2) is 4.79 Å². The fourth-order valence-electron chi connectivity index (χ4n) is 2.74. The van der Waals surface area contributed by atoms with E-state index in [9.17, 15) is 4.79 Å². The summed E-state index contributed by atoms with van der Waals surface area (Å²) in [5.74, 6) is 0. The van der Waals surface area contributed by atoms with Gasteiger partial charge in [-0.15, -0.1) is 10.2 Å². The van der Waals surface area contributed by atoms with E-state index in [1.807, 2.05) is 36.2 Å². The van der Waals surface area contributed by atoms with Gasteiger partial charge < -0.3 is 4.90 Å². The SMILES string of the molecule is CCc1nnc(NC(=O)N2CCN([C@H](C)c3ccccn3)CC2)s1. The lowest BCUT2D eigenvalue weighted by molar-refractivity contribution is 0.118. The number of carbonyl (C=O) groups is 1. The van der Waals surface area contributed by atoms with Crippen molar-refractivity contribution in [2.75, 3.05) is 31.5 Å². The van der Waals surface area contributed by atoms with Crippen LogP contribution in [0.15, 0.2) is 24.4 Å². The van der Waals surface area contributed by atoms with Crippen LogP contribution in [0.5, 0.6) is 0 Å². The highest BCUT2D eigenvalue weighted by molar-refractivity contribution is 7.15. The Labute approximate surface area is 145 Å². The lowest BCUT2D eigenvalue weighted by Gasteiger charge is -2.37. The van der Waals surface area contributed by atoms with Gasteiger partial charge in [-0.1, -0.05) is 24.3 Å². The standard InChI is InChI=1S/C16H22N6OS/c1-3-14-19-20-15(24-14)18-16(23)22-10-8-21(9-11-22)12(2)13-6-4-5-7-17-13/h4-7,12H,3,8-11H2,1-2H3,(H,18,20,23)/t12-/m1/s1. The van der Waals surface area contributed by atoms with Crippen LogP contribution < -0.4 is 5.32 Å².